The summed E-state index contributed by atoms with van der Waals surface area (Å²) in [5, 5.41) is 67.0. The smallest absolute Gasteiger partial charge is 0.161 e. The maximum atomic E-state index is 14.1. The van der Waals surface area contributed by atoms with Gasteiger partial charge in [0.25, 0.3) is 0 Å². The molecule has 11 nitrogen and oxygen atoms in total. The van der Waals surface area contributed by atoms with E-state index in [1.165, 1.54) is 0 Å². The Kier molecular flexibility index (Phi) is 15.2. The number of unbranched alkanes of at least 4 members (excludes halogenated alkanes) is 1. The predicted octanol–water partition coefficient (Wildman–Crippen LogP) is 6.12. The number of phenols is 2. The number of aliphatic hydroxyl groups is 3. The zero-order chi connectivity index (χ0) is 43.8. The molecule has 2 aliphatic carbocycles. The Balaban J connectivity index is 1.25. The number of benzene rings is 3. The van der Waals surface area contributed by atoms with Crippen molar-refractivity contribution in [3.63, 3.8) is 0 Å². The third-order valence-electron chi connectivity index (χ3n) is 12.5. The van der Waals surface area contributed by atoms with Gasteiger partial charge in [0.05, 0.1) is 43.7 Å². The van der Waals surface area contributed by atoms with E-state index in [1.807, 2.05) is 30.3 Å². The van der Waals surface area contributed by atoms with Crippen LogP contribution in [0.1, 0.15) is 109 Å². The molecule has 2 aliphatic heterocycles. The van der Waals surface area contributed by atoms with Gasteiger partial charge in [0, 0.05) is 47.6 Å². The van der Waals surface area contributed by atoms with Crippen LogP contribution in [0.5, 0.6) is 17.2 Å². The fraction of sp³-hybridized carbons (Fsp3) is 0.429. The van der Waals surface area contributed by atoms with Gasteiger partial charge in [-0.15, -0.1) is 5.76 Å². The number of nitrogens with two attached hydrogens (primary N) is 2. The van der Waals surface area contributed by atoms with Gasteiger partial charge in [0.15, 0.2) is 17.3 Å². The van der Waals surface area contributed by atoms with Crippen molar-refractivity contribution < 1.29 is 40.2 Å². The molecule has 0 radical (unpaired) electrons. The first-order valence-electron chi connectivity index (χ1n) is 21.4. The standard InChI is InChI=1S/C49H57N3O8S2/c50-48(51)39-22-32-4-3-6-42-37(14-18-52-42)45(58)24-40-38(32)23-33(39)28-61-62-29-34-25-49(26-46(34)59,16-2-1-5-36(55)27-53)17-13-35(54)10-7-30-9-12-44(57)47(21-30)60-19-15-31-8-11-43(56)41(40)20-31/h8-9,11-14,17-18,20-23,34,36,40,46,48,53,55-59H,1-2,5-7,10,15-16,19,24-29,50-51H2/p-1/b17-13-,45-37?/t34-,36+,40-,46+,49+/m1/s1. The Hall–Kier alpha value is -4.52. The number of aromatic hydroxyl groups is 2. The molecule has 0 amide bonds. The Morgan fingerprint density at radius 3 is 2.58 bits per heavy atom. The van der Waals surface area contributed by atoms with E-state index in [2.05, 4.69) is 16.8 Å². The molecule has 3 aromatic rings. The number of ether oxygens (including phenoxy) is 1. The molecule has 0 saturated heterocycles. The van der Waals surface area contributed by atoms with E-state index in [9.17, 15) is 35.4 Å². The van der Waals surface area contributed by atoms with Gasteiger partial charge in [-0.25, -0.2) is 0 Å². The lowest BCUT2D eigenvalue weighted by Crippen LogP contribution is -2.23. The quantitative estimate of drug-likeness (QED) is 0.0619. The lowest BCUT2D eigenvalue weighted by Gasteiger charge is -2.28. The number of rotatable bonds is 7. The van der Waals surface area contributed by atoms with Crippen LogP contribution < -0.4 is 21.3 Å². The van der Waals surface area contributed by atoms with E-state index in [-0.39, 0.29) is 55.0 Å². The zero-order valence-corrected chi connectivity index (χ0v) is 36.4. The molecule has 4 aliphatic rings. The molecule has 8 bridgehead atoms. The molecular formula is C49H56N3O8S2-. The largest absolute Gasteiger partial charge is 0.875 e. The van der Waals surface area contributed by atoms with Crippen molar-refractivity contribution in [3.05, 3.63) is 123 Å². The first-order valence-corrected chi connectivity index (χ1v) is 23.9. The molecule has 1 saturated carbocycles. The predicted molar refractivity (Wildman–Crippen MR) is 243 cm³/mol. The molecule has 328 valence electrons. The number of aryl methyl sites for hydroxylation is 1. The Labute approximate surface area is 371 Å². The second-order valence-corrected chi connectivity index (χ2v) is 19.5. The number of phenolic OH excluding ortho intramolecular Hbond substituents is 2. The van der Waals surface area contributed by atoms with Gasteiger partial charge in [0.2, 0.25) is 0 Å². The maximum absolute atomic E-state index is 14.1. The molecule has 9 N–H and O–H groups in total. The molecule has 2 heterocycles. The second kappa shape index (κ2) is 20.8. The summed E-state index contributed by atoms with van der Waals surface area (Å²) in [4.78, 5) is 17.8. The van der Waals surface area contributed by atoms with Crippen LogP contribution in [-0.4, -0.2) is 68.2 Å². The summed E-state index contributed by atoms with van der Waals surface area (Å²) in [5.74, 6) is 7.30. The third kappa shape index (κ3) is 11.2. The van der Waals surface area contributed by atoms with Crippen molar-refractivity contribution in [3.8, 4) is 29.1 Å². The van der Waals surface area contributed by atoms with Crippen LogP contribution in [0.3, 0.4) is 0 Å². The number of aliphatic imine (C=N–C) groups is 1. The van der Waals surface area contributed by atoms with Gasteiger partial charge in [-0.2, -0.15) is 0 Å². The Morgan fingerprint density at radius 2 is 1.77 bits per heavy atom. The van der Waals surface area contributed by atoms with Crippen LogP contribution in [0.15, 0.2) is 89.3 Å². The second-order valence-electron chi connectivity index (χ2n) is 16.9. The van der Waals surface area contributed by atoms with Crippen LogP contribution in [0.2, 0.25) is 0 Å². The van der Waals surface area contributed by atoms with E-state index in [4.69, 9.17) is 16.2 Å². The zero-order valence-electron chi connectivity index (χ0n) is 34.8. The van der Waals surface area contributed by atoms with Gasteiger partial charge in [-0.1, -0.05) is 76.6 Å². The minimum absolute atomic E-state index is 0.0191. The van der Waals surface area contributed by atoms with Crippen LogP contribution in [0.4, 0.5) is 0 Å². The summed E-state index contributed by atoms with van der Waals surface area (Å²) in [6.07, 6.45) is 10.2. The lowest BCUT2D eigenvalue weighted by molar-refractivity contribution is -0.307. The Morgan fingerprint density at radius 1 is 0.968 bits per heavy atom. The summed E-state index contributed by atoms with van der Waals surface area (Å²) >= 11 is 0. The number of carbonyl (C=O) groups excluding carboxylic acids is 1. The molecule has 13 heteroatoms. The number of ketones is 1. The Bertz CT molecular complexity index is 2310. The van der Waals surface area contributed by atoms with Gasteiger partial charge < -0.3 is 46.8 Å². The topological polar surface area (TPSA) is 215 Å². The number of aliphatic hydroxyl groups excluding tert-OH is 3. The number of fused-ring (bicyclic) bond motifs is 9. The fourth-order valence-electron chi connectivity index (χ4n) is 9.06. The SMILES string of the molecule is NC(N)c1cc2c3cc1CSSC[C@H]1C[C@](CCCC[C@H](O)CO)(/C=C\C(=O)CCc4ccc(O)c(c4)OCCc4ccc(O)c(c4)[C@@H]3CC([O-])=C3C=CN=C3CC#C2)C[C@@H]1O. The monoisotopic (exact) mass is 878 g/mol. The minimum Gasteiger partial charge on any atom is -0.875 e. The molecule has 62 heavy (non-hydrogen) atoms. The number of allylic oxidation sites excluding steroid dienone is 5. The van der Waals surface area contributed by atoms with E-state index in [0.29, 0.717) is 84.6 Å². The normalized spacial score (nSPS) is 24.2. The van der Waals surface area contributed by atoms with Crippen molar-refractivity contribution in [1.29, 1.82) is 0 Å². The summed E-state index contributed by atoms with van der Waals surface area (Å²) < 4.78 is 6.10. The van der Waals surface area contributed by atoms with Crippen LogP contribution in [-0.2, 0) is 23.4 Å². The highest BCUT2D eigenvalue weighted by molar-refractivity contribution is 8.76. The molecule has 7 rings (SSSR count). The maximum Gasteiger partial charge on any atom is 0.161 e. The minimum atomic E-state index is -0.806. The molecule has 0 aromatic heterocycles. The summed E-state index contributed by atoms with van der Waals surface area (Å²) in [6.45, 7) is -0.0741. The number of hydrogen-bond acceptors (Lipinski definition) is 13. The highest BCUT2D eigenvalue weighted by atomic mass is 33.1. The van der Waals surface area contributed by atoms with Crippen molar-refractivity contribution >= 4 is 33.1 Å². The summed E-state index contributed by atoms with van der Waals surface area (Å²) in [5.41, 5.74) is 18.9. The van der Waals surface area contributed by atoms with Crippen LogP contribution >= 0.6 is 21.6 Å². The molecule has 1 fully saturated rings. The lowest BCUT2D eigenvalue weighted by atomic mass is 9.79. The first kappa shape index (κ1) is 45.5. The average Bonchev–Trinajstić information content (AvgIpc) is 3.86. The van der Waals surface area contributed by atoms with E-state index < -0.39 is 29.7 Å². The van der Waals surface area contributed by atoms with Crippen molar-refractivity contribution in [2.75, 3.05) is 19.0 Å². The van der Waals surface area contributed by atoms with Gasteiger partial charge in [0.1, 0.15) is 5.75 Å². The molecule has 0 unspecified atom stereocenters. The van der Waals surface area contributed by atoms with E-state index >= 15 is 0 Å². The average molecular weight is 879 g/mol. The highest BCUT2D eigenvalue weighted by Crippen LogP contribution is 2.49. The molecule has 5 atom stereocenters. The summed E-state index contributed by atoms with van der Waals surface area (Å²) in [6, 6.07) is 14.4. The van der Waals surface area contributed by atoms with Gasteiger partial charge >= 0.3 is 0 Å². The van der Waals surface area contributed by atoms with Crippen molar-refractivity contribution in [1.82, 2.24) is 0 Å². The molecule has 0 spiro atoms. The highest BCUT2D eigenvalue weighted by Gasteiger charge is 2.42. The number of carbonyl (C=O) groups is 1. The summed E-state index contributed by atoms with van der Waals surface area (Å²) in [7, 11) is 3.29. The van der Waals surface area contributed by atoms with Gasteiger partial charge in [-0.3, -0.25) is 9.79 Å². The number of hydrogen-bond donors (Lipinski definition) is 7. The van der Waals surface area contributed by atoms with Crippen molar-refractivity contribution in [2.24, 2.45) is 27.8 Å². The van der Waals surface area contributed by atoms with Crippen molar-refractivity contribution in [2.45, 2.75) is 101 Å². The fourth-order valence-corrected chi connectivity index (χ4v) is 11.6. The van der Waals surface area contributed by atoms with E-state index in [0.717, 1.165) is 40.7 Å². The van der Waals surface area contributed by atoms with Gasteiger partial charge in [-0.05, 0) is 120 Å². The molecular weight excluding hydrogens is 823 g/mol. The van der Waals surface area contributed by atoms with Crippen LogP contribution in [0, 0.1) is 23.2 Å². The molecule has 3 aromatic carbocycles. The number of nitrogens with zero attached hydrogens (tertiary/aromatic N) is 1. The first-order chi connectivity index (χ1) is 29.9. The third-order valence-corrected chi connectivity index (χ3v) is 14.9. The van der Waals surface area contributed by atoms with E-state index in [1.54, 1.807) is 64.2 Å². The van der Waals surface area contributed by atoms with Crippen LogP contribution in [0.25, 0.3) is 0 Å².